The maximum atomic E-state index is 10.7. The lowest BCUT2D eigenvalue weighted by Gasteiger charge is -2.11. The molecule has 7 nitrogen and oxygen atoms in total. The third-order valence-corrected chi connectivity index (χ3v) is 3.18. The fourth-order valence-corrected chi connectivity index (χ4v) is 1.17. The Bertz CT molecular complexity index is 465. The standard InChI is InChI=1S/C5H6Cl2N4O3S/c1-2(15(12,13)14)8-5-3(6)4(7)9-11-10-5/h2H,1H3,(H,8,9,10)(H,12,13,14). The molecule has 0 radical (unpaired) electrons. The molecular weight excluding hydrogens is 267 g/mol. The molecule has 0 aliphatic heterocycles. The van der Waals surface area contributed by atoms with Crippen LogP contribution in [0.25, 0.3) is 0 Å². The maximum Gasteiger partial charge on any atom is 0.285 e. The van der Waals surface area contributed by atoms with E-state index in [1.807, 2.05) is 0 Å². The number of halogens is 2. The Morgan fingerprint density at radius 3 is 2.53 bits per heavy atom. The molecule has 1 aromatic heterocycles. The minimum absolute atomic E-state index is 0.0674. The number of nitrogens with zero attached hydrogens (tertiary/aromatic N) is 3. The zero-order valence-electron chi connectivity index (χ0n) is 7.35. The number of hydrogen-bond acceptors (Lipinski definition) is 6. The first-order valence-corrected chi connectivity index (χ1v) is 5.85. The molecule has 0 saturated carbocycles. The molecule has 84 valence electrons. The number of hydrogen-bond donors (Lipinski definition) is 2. The van der Waals surface area contributed by atoms with Crippen LogP contribution in [0.4, 0.5) is 5.82 Å². The normalized spacial score (nSPS) is 13.6. The first-order valence-electron chi connectivity index (χ1n) is 3.59. The third-order valence-electron chi connectivity index (χ3n) is 1.45. The molecule has 0 aliphatic carbocycles. The fourth-order valence-electron chi connectivity index (χ4n) is 0.651. The summed E-state index contributed by atoms with van der Waals surface area (Å²) in [7, 11) is -4.23. The molecule has 1 unspecified atom stereocenters. The van der Waals surface area contributed by atoms with Gasteiger partial charge in [0.05, 0.1) is 0 Å². The zero-order chi connectivity index (χ0) is 11.6. The third kappa shape index (κ3) is 3.13. The van der Waals surface area contributed by atoms with Crippen LogP contribution in [0.2, 0.25) is 10.2 Å². The van der Waals surface area contributed by atoms with Crippen molar-refractivity contribution in [1.82, 2.24) is 15.4 Å². The lowest BCUT2D eigenvalue weighted by molar-refractivity contribution is 0.474. The summed E-state index contributed by atoms with van der Waals surface area (Å²) >= 11 is 11.2. The van der Waals surface area contributed by atoms with Crippen molar-refractivity contribution in [3.05, 3.63) is 10.2 Å². The minimum atomic E-state index is -4.23. The summed E-state index contributed by atoms with van der Waals surface area (Å²) in [6.45, 7) is 1.21. The molecule has 15 heavy (non-hydrogen) atoms. The van der Waals surface area contributed by atoms with Gasteiger partial charge in [-0.25, -0.2) is 0 Å². The molecule has 1 atom stereocenters. The van der Waals surface area contributed by atoms with Crippen molar-refractivity contribution in [3.63, 3.8) is 0 Å². The SMILES string of the molecule is CC(Nc1nnnc(Cl)c1Cl)S(=O)(=O)O. The largest absolute Gasteiger partial charge is 0.349 e. The zero-order valence-corrected chi connectivity index (χ0v) is 9.68. The lowest BCUT2D eigenvalue weighted by atomic mass is 10.6. The van der Waals surface area contributed by atoms with Gasteiger partial charge in [-0.3, -0.25) is 4.55 Å². The quantitative estimate of drug-likeness (QED) is 0.785. The van der Waals surface area contributed by atoms with Crippen LogP contribution in [0.3, 0.4) is 0 Å². The van der Waals surface area contributed by atoms with Crippen molar-refractivity contribution in [2.24, 2.45) is 0 Å². The van der Waals surface area contributed by atoms with Gasteiger partial charge in [-0.05, 0) is 12.1 Å². The van der Waals surface area contributed by atoms with Crippen molar-refractivity contribution in [2.75, 3.05) is 5.32 Å². The Morgan fingerprint density at radius 1 is 1.40 bits per heavy atom. The molecule has 0 aromatic carbocycles. The predicted molar refractivity (Wildman–Crippen MR) is 54.5 cm³/mol. The fraction of sp³-hybridized carbons (Fsp3) is 0.400. The molecule has 0 bridgehead atoms. The van der Waals surface area contributed by atoms with E-state index in [1.54, 1.807) is 0 Å². The van der Waals surface area contributed by atoms with Gasteiger partial charge in [0.15, 0.2) is 16.3 Å². The molecule has 2 N–H and O–H groups in total. The van der Waals surface area contributed by atoms with E-state index in [1.165, 1.54) is 6.92 Å². The van der Waals surface area contributed by atoms with Gasteiger partial charge in [-0.1, -0.05) is 23.2 Å². The van der Waals surface area contributed by atoms with E-state index in [4.69, 9.17) is 27.8 Å². The Labute approximate surface area is 95.5 Å². The molecule has 10 heteroatoms. The lowest BCUT2D eigenvalue weighted by Crippen LogP contribution is -2.26. The second-order valence-corrected chi connectivity index (χ2v) is 5.02. The molecule has 0 spiro atoms. The first kappa shape index (κ1) is 12.4. The van der Waals surface area contributed by atoms with Crippen molar-refractivity contribution in [2.45, 2.75) is 12.3 Å². The minimum Gasteiger partial charge on any atom is -0.349 e. The molecule has 1 aromatic rings. The Morgan fingerprint density at radius 2 is 2.00 bits per heavy atom. The summed E-state index contributed by atoms with van der Waals surface area (Å²) in [5.41, 5.74) is 0. The van der Waals surface area contributed by atoms with E-state index in [9.17, 15) is 8.42 Å². The van der Waals surface area contributed by atoms with Gasteiger partial charge in [0.25, 0.3) is 10.1 Å². The number of rotatable bonds is 3. The molecule has 0 saturated heterocycles. The Hall–Kier alpha value is -0.700. The van der Waals surface area contributed by atoms with E-state index in [-0.39, 0.29) is 16.0 Å². The van der Waals surface area contributed by atoms with Crippen LogP contribution in [0.1, 0.15) is 6.92 Å². The van der Waals surface area contributed by atoms with E-state index in [2.05, 4.69) is 20.7 Å². The topological polar surface area (TPSA) is 105 Å². The van der Waals surface area contributed by atoms with E-state index >= 15 is 0 Å². The van der Waals surface area contributed by atoms with Crippen LogP contribution in [0.15, 0.2) is 0 Å². The summed E-state index contributed by atoms with van der Waals surface area (Å²) in [6.07, 6.45) is 0. The molecule has 0 amide bonds. The summed E-state index contributed by atoms with van der Waals surface area (Å²) in [5.74, 6) is -0.0678. The summed E-state index contributed by atoms with van der Waals surface area (Å²) in [5, 5.41) is 10.8. The highest BCUT2D eigenvalue weighted by molar-refractivity contribution is 7.86. The Kier molecular flexibility index (Phi) is 3.66. The van der Waals surface area contributed by atoms with Crippen LogP contribution < -0.4 is 5.32 Å². The van der Waals surface area contributed by atoms with E-state index in [0.29, 0.717) is 0 Å². The highest BCUT2D eigenvalue weighted by Gasteiger charge is 2.19. The van der Waals surface area contributed by atoms with Crippen LogP contribution in [0.5, 0.6) is 0 Å². The molecular formula is C5H6Cl2N4O3S. The van der Waals surface area contributed by atoms with Crippen molar-refractivity contribution < 1.29 is 13.0 Å². The van der Waals surface area contributed by atoms with Crippen molar-refractivity contribution in [1.29, 1.82) is 0 Å². The predicted octanol–water partition coefficient (Wildman–Crippen LogP) is 0.824. The van der Waals surface area contributed by atoms with Crippen molar-refractivity contribution >= 4 is 39.1 Å². The van der Waals surface area contributed by atoms with Crippen molar-refractivity contribution in [3.8, 4) is 0 Å². The summed E-state index contributed by atoms with van der Waals surface area (Å²) < 4.78 is 30.0. The monoisotopic (exact) mass is 272 g/mol. The average Bonchev–Trinajstić information content (AvgIpc) is 2.11. The number of aromatic nitrogens is 3. The second kappa shape index (κ2) is 4.44. The van der Waals surface area contributed by atoms with E-state index in [0.717, 1.165) is 0 Å². The highest BCUT2D eigenvalue weighted by atomic mass is 35.5. The first-order chi connectivity index (χ1) is 6.82. The van der Waals surface area contributed by atoms with Crippen LogP contribution in [-0.4, -0.2) is 33.8 Å². The second-order valence-electron chi connectivity index (χ2n) is 2.54. The highest BCUT2D eigenvalue weighted by Crippen LogP contribution is 2.25. The van der Waals surface area contributed by atoms with Gasteiger partial charge in [-0.15, -0.1) is 10.2 Å². The summed E-state index contributed by atoms with van der Waals surface area (Å²) in [6, 6.07) is 0. The van der Waals surface area contributed by atoms with Gasteiger partial charge >= 0.3 is 0 Å². The van der Waals surface area contributed by atoms with Gasteiger partial charge in [0.1, 0.15) is 5.02 Å². The number of anilines is 1. The van der Waals surface area contributed by atoms with E-state index < -0.39 is 15.5 Å². The molecule has 0 fully saturated rings. The summed E-state index contributed by atoms with van der Waals surface area (Å²) in [4.78, 5) is 0. The van der Waals surface area contributed by atoms with Gasteiger partial charge in [0.2, 0.25) is 0 Å². The smallest absolute Gasteiger partial charge is 0.285 e. The molecule has 1 rings (SSSR count). The van der Waals surface area contributed by atoms with Crippen LogP contribution in [0, 0.1) is 0 Å². The van der Waals surface area contributed by atoms with Crippen LogP contribution in [-0.2, 0) is 10.1 Å². The number of nitrogens with one attached hydrogen (secondary N) is 1. The molecule has 1 heterocycles. The van der Waals surface area contributed by atoms with Gasteiger partial charge < -0.3 is 5.32 Å². The molecule has 0 aliphatic rings. The van der Waals surface area contributed by atoms with Gasteiger partial charge in [-0.2, -0.15) is 8.42 Å². The van der Waals surface area contributed by atoms with Crippen LogP contribution >= 0.6 is 23.2 Å². The Balaban J connectivity index is 2.96. The average molecular weight is 273 g/mol. The van der Waals surface area contributed by atoms with Gasteiger partial charge in [0, 0.05) is 0 Å². The maximum absolute atomic E-state index is 10.7.